The zero-order valence-corrected chi connectivity index (χ0v) is 6.38. The Bertz CT molecular complexity index is 144. The Kier molecular flexibility index (Phi) is 2.11. The van der Waals surface area contributed by atoms with Crippen LogP contribution in [0, 0.1) is 5.41 Å². The molecule has 58 valence electrons. The molecule has 0 aromatic rings. The van der Waals surface area contributed by atoms with E-state index in [1.165, 1.54) is 0 Å². The van der Waals surface area contributed by atoms with Gasteiger partial charge in [-0.1, -0.05) is 19.1 Å². The second-order valence-corrected chi connectivity index (χ2v) is 3.32. The topological polar surface area (TPSA) is 46.2 Å². The molecule has 0 radical (unpaired) electrons. The highest BCUT2D eigenvalue weighted by molar-refractivity contribution is 5.05. The van der Waals surface area contributed by atoms with Crippen LogP contribution in [-0.4, -0.2) is 17.8 Å². The fourth-order valence-electron chi connectivity index (χ4n) is 1.17. The average molecular weight is 141 g/mol. The smallest absolute Gasteiger partial charge is 0.0721 e. The first-order chi connectivity index (χ1) is 4.66. The van der Waals surface area contributed by atoms with Crippen LogP contribution in [0.15, 0.2) is 12.2 Å². The molecule has 0 aliphatic heterocycles. The van der Waals surface area contributed by atoms with Crippen LogP contribution in [0.25, 0.3) is 0 Å². The number of hydrogen-bond donors (Lipinski definition) is 2. The minimum absolute atomic E-state index is 0.138. The summed E-state index contributed by atoms with van der Waals surface area (Å²) < 4.78 is 0. The first kappa shape index (κ1) is 7.76. The van der Waals surface area contributed by atoms with Crippen LogP contribution in [0.2, 0.25) is 0 Å². The van der Waals surface area contributed by atoms with Crippen molar-refractivity contribution in [2.75, 3.05) is 6.54 Å². The van der Waals surface area contributed by atoms with Gasteiger partial charge in [0.2, 0.25) is 0 Å². The summed E-state index contributed by atoms with van der Waals surface area (Å²) in [4.78, 5) is 0. The van der Waals surface area contributed by atoms with Crippen molar-refractivity contribution in [3.05, 3.63) is 12.2 Å². The lowest BCUT2D eigenvalue weighted by Crippen LogP contribution is -2.29. The van der Waals surface area contributed by atoms with E-state index in [0.29, 0.717) is 6.54 Å². The Morgan fingerprint density at radius 3 is 2.90 bits per heavy atom. The highest BCUT2D eigenvalue weighted by Gasteiger charge is 2.23. The summed E-state index contributed by atoms with van der Waals surface area (Å²) >= 11 is 0. The van der Waals surface area contributed by atoms with Crippen LogP contribution in [0.4, 0.5) is 0 Å². The van der Waals surface area contributed by atoms with E-state index in [1.54, 1.807) is 0 Å². The van der Waals surface area contributed by atoms with Gasteiger partial charge in [-0.2, -0.15) is 0 Å². The summed E-state index contributed by atoms with van der Waals surface area (Å²) in [5.41, 5.74) is 5.69. The number of nitrogens with two attached hydrogens (primary N) is 1. The van der Waals surface area contributed by atoms with Gasteiger partial charge in [0, 0.05) is 6.54 Å². The van der Waals surface area contributed by atoms with E-state index in [1.807, 2.05) is 12.2 Å². The van der Waals surface area contributed by atoms with Crippen molar-refractivity contribution in [3.63, 3.8) is 0 Å². The molecular formula is C8H15NO. The molecule has 2 heteroatoms. The van der Waals surface area contributed by atoms with Crippen LogP contribution in [0.5, 0.6) is 0 Å². The molecule has 0 fully saturated rings. The Labute approximate surface area is 61.7 Å². The quantitative estimate of drug-likeness (QED) is 0.527. The predicted molar refractivity (Wildman–Crippen MR) is 41.5 cm³/mol. The summed E-state index contributed by atoms with van der Waals surface area (Å²) in [7, 11) is 0. The van der Waals surface area contributed by atoms with E-state index in [9.17, 15) is 0 Å². The Balaban J connectivity index is 2.59. The Hall–Kier alpha value is -0.340. The van der Waals surface area contributed by atoms with Crippen molar-refractivity contribution in [1.29, 1.82) is 0 Å². The molecule has 1 aliphatic rings. The van der Waals surface area contributed by atoms with Gasteiger partial charge in [-0.25, -0.2) is 0 Å². The third kappa shape index (κ3) is 1.58. The maximum Gasteiger partial charge on any atom is 0.0721 e. The van der Waals surface area contributed by atoms with Gasteiger partial charge in [-0.15, -0.1) is 0 Å². The van der Waals surface area contributed by atoms with E-state index >= 15 is 0 Å². The second-order valence-electron chi connectivity index (χ2n) is 3.32. The average Bonchev–Trinajstić information content (AvgIpc) is 1.96. The molecule has 0 heterocycles. The largest absolute Gasteiger partial charge is 0.389 e. The number of rotatable bonds is 1. The summed E-state index contributed by atoms with van der Waals surface area (Å²) in [5.74, 6) is 0. The van der Waals surface area contributed by atoms with Crippen molar-refractivity contribution < 1.29 is 5.11 Å². The summed E-state index contributed by atoms with van der Waals surface area (Å²) in [6.07, 6.45) is 5.49. The molecule has 0 aromatic carbocycles. The summed E-state index contributed by atoms with van der Waals surface area (Å²) in [5, 5.41) is 9.11. The minimum Gasteiger partial charge on any atom is -0.389 e. The van der Waals surface area contributed by atoms with Gasteiger partial charge in [-0.05, 0) is 18.3 Å². The standard InChI is InChI=1S/C8H15NO/c1-8(6-9)4-2-7(10)3-5-8/h2,4,7,10H,3,5-6,9H2,1H3. The first-order valence-corrected chi connectivity index (χ1v) is 3.74. The van der Waals surface area contributed by atoms with Crippen molar-refractivity contribution >= 4 is 0 Å². The lowest BCUT2D eigenvalue weighted by Gasteiger charge is -2.28. The first-order valence-electron chi connectivity index (χ1n) is 3.74. The van der Waals surface area contributed by atoms with Crippen LogP contribution >= 0.6 is 0 Å². The molecule has 3 N–H and O–H groups in total. The lowest BCUT2D eigenvalue weighted by atomic mass is 9.80. The van der Waals surface area contributed by atoms with Gasteiger partial charge in [0.1, 0.15) is 0 Å². The highest BCUT2D eigenvalue weighted by atomic mass is 16.3. The SMILES string of the molecule is CC1(CN)C=CC(O)CC1. The highest BCUT2D eigenvalue weighted by Crippen LogP contribution is 2.28. The van der Waals surface area contributed by atoms with Crippen LogP contribution < -0.4 is 5.73 Å². The van der Waals surface area contributed by atoms with Gasteiger partial charge < -0.3 is 10.8 Å². The number of aliphatic hydroxyl groups excluding tert-OH is 1. The predicted octanol–water partition coefficient (Wildman–Crippen LogP) is 0.662. The van der Waals surface area contributed by atoms with Crippen LogP contribution in [0.1, 0.15) is 19.8 Å². The molecule has 0 saturated carbocycles. The second kappa shape index (κ2) is 2.72. The monoisotopic (exact) mass is 141 g/mol. The van der Waals surface area contributed by atoms with Gasteiger partial charge in [0.25, 0.3) is 0 Å². The maximum absolute atomic E-state index is 9.11. The molecule has 1 aliphatic carbocycles. The normalized spacial score (nSPS) is 40.1. The van der Waals surface area contributed by atoms with E-state index in [4.69, 9.17) is 10.8 Å². The zero-order chi connectivity index (χ0) is 7.61. The van der Waals surface area contributed by atoms with Gasteiger partial charge >= 0.3 is 0 Å². The zero-order valence-electron chi connectivity index (χ0n) is 6.38. The Morgan fingerprint density at radius 2 is 2.50 bits per heavy atom. The van der Waals surface area contributed by atoms with Crippen molar-refractivity contribution in [3.8, 4) is 0 Å². The van der Waals surface area contributed by atoms with Crippen molar-refractivity contribution in [2.45, 2.75) is 25.9 Å². The minimum atomic E-state index is -0.236. The fraction of sp³-hybridized carbons (Fsp3) is 0.750. The summed E-state index contributed by atoms with van der Waals surface area (Å²) in [6, 6.07) is 0. The molecule has 0 saturated heterocycles. The third-order valence-corrected chi connectivity index (χ3v) is 2.20. The molecule has 0 amide bonds. The lowest BCUT2D eigenvalue weighted by molar-refractivity contribution is 0.177. The Morgan fingerprint density at radius 1 is 1.80 bits per heavy atom. The van der Waals surface area contributed by atoms with Crippen LogP contribution in [0.3, 0.4) is 0 Å². The van der Waals surface area contributed by atoms with Gasteiger partial charge in [-0.3, -0.25) is 0 Å². The van der Waals surface area contributed by atoms with E-state index in [0.717, 1.165) is 12.8 Å². The maximum atomic E-state index is 9.11. The van der Waals surface area contributed by atoms with Crippen LogP contribution in [-0.2, 0) is 0 Å². The van der Waals surface area contributed by atoms with Gasteiger partial charge in [0.05, 0.1) is 6.10 Å². The molecule has 1 rings (SSSR count). The van der Waals surface area contributed by atoms with E-state index in [-0.39, 0.29) is 11.5 Å². The molecule has 2 atom stereocenters. The molecule has 0 spiro atoms. The van der Waals surface area contributed by atoms with E-state index in [2.05, 4.69) is 6.92 Å². The van der Waals surface area contributed by atoms with Gasteiger partial charge in [0.15, 0.2) is 0 Å². The number of aliphatic hydroxyl groups is 1. The third-order valence-electron chi connectivity index (χ3n) is 2.20. The van der Waals surface area contributed by atoms with Crippen molar-refractivity contribution in [2.24, 2.45) is 11.1 Å². The summed E-state index contributed by atoms with van der Waals surface area (Å²) in [6.45, 7) is 2.80. The van der Waals surface area contributed by atoms with E-state index < -0.39 is 0 Å². The fourth-order valence-corrected chi connectivity index (χ4v) is 1.17. The van der Waals surface area contributed by atoms with Crippen molar-refractivity contribution in [1.82, 2.24) is 0 Å². The number of hydrogen-bond acceptors (Lipinski definition) is 2. The molecule has 2 unspecified atom stereocenters. The molecule has 0 aromatic heterocycles. The molecular weight excluding hydrogens is 126 g/mol. The molecule has 10 heavy (non-hydrogen) atoms. The molecule has 0 bridgehead atoms. The molecule has 2 nitrogen and oxygen atoms in total.